The number of carboxylic acid groups (broad SMARTS) is 1. The predicted molar refractivity (Wildman–Crippen MR) is 53.9 cm³/mol. The molecule has 1 N–H and O–H groups in total. The lowest BCUT2D eigenvalue weighted by molar-refractivity contribution is -0.141. The number of carboxylic acids is 1. The molecule has 1 fully saturated rings. The van der Waals surface area contributed by atoms with Crippen LogP contribution in [0.5, 0.6) is 0 Å². The van der Waals surface area contributed by atoms with Crippen molar-refractivity contribution in [1.29, 1.82) is 5.26 Å². The zero-order chi connectivity index (χ0) is 10.9. The van der Waals surface area contributed by atoms with Crippen molar-refractivity contribution in [3.05, 3.63) is 35.9 Å². The number of hydrogen-bond donors (Lipinski definition) is 1. The normalized spacial score (nSPS) is 28.1. The summed E-state index contributed by atoms with van der Waals surface area (Å²) in [5.74, 6) is -1.01. The van der Waals surface area contributed by atoms with Crippen molar-refractivity contribution in [2.45, 2.75) is 12.8 Å². The zero-order valence-electron chi connectivity index (χ0n) is 8.18. The van der Waals surface area contributed by atoms with E-state index in [1.165, 1.54) is 0 Å². The second kappa shape index (κ2) is 3.39. The molecule has 0 heterocycles. The van der Waals surface area contributed by atoms with Gasteiger partial charge in [-0.15, -0.1) is 0 Å². The Morgan fingerprint density at radius 3 is 2.67 bits per heavy atom. The van der Waals surface area contributed by atoms with Crippen LogP contribution < -0.4 is 0 Å². The molecule has 0 aromatic heterocycles. The minimum atomic E-state index is -1.12. The van der Waals surface area contributed by atoms with Crippen LogP contribution in [-0.2, 0) is 11.2 Å². The highest BCUT2D eigenvalue weighted by molar-refractivity contribution is 5.82. The van der Waals surface area contributed by atoms with Gasteiger partial charge in [-0.05, 0) is 24.3 Å². The van der Waals surface area contributed by atoms with E-state index in [1.807, 2.05) is 36.4 Å². The van der Waals surface area contributed by atoms with Crippen LogP contribution in [0.15, 0.2) is 30.3 Å². The first-order chi connectivity index (χ1) is 7.19. The van der Waals surface area contributed by atoms with Crippen LogP contribution in [0.1, 0.15) is 12.0 Å². The van der Waals surface area contributed by atoms with Crippen LogP contribution in [0.25, 0.3) is 0 Å². The van der Waals surface area contributed by atoms with E-state index in [0.29, 0.717) is 12.8 Å². The van der Waals surface area contributed by atoms with Crippen LogP contribution in [0, 0.1) is 22.7 Å². The molecule has 1 saturated carbocycles. The van der Waals surface area contributed by atoms with Gasteiger partial charge in [0.15, 0.2) is 5.41 Å². The minimum Gasteiger partial charge on any atom is -0.480 e. The molecule has 2 atom stereocenters. The highest BCUT2D eigenvalue weighted by atomic mass is 16.4. The lowest BCUT2D eigenvalue weighted by Crippen LogP contribution is -2.15. The Balaban J connectivity index is 2.07. The Kier molecular flexibility index (Phi) is 2.20. The van der Waals surface area contributed by atoms with Crippen molar-refractivity contribution in [3.63, 3.8) is 0 Å². The standard InChI is InChI=1S/C12H11NO2/c13-8-12(11(14)15)7-10(12)6-9-4-2-1-3-5-9/h1-5,10H,6-7H2,(H,14,15). The average molecular weight is 201 g/mol. The summed E-state index contributed by atoms with van der Waals surface area (Å²) >= 11 is 0. The molecule has 0 radical (unpaired) electrons. The van der Waals surface area contributed by atoms with Gasteiger partial charge in [0.05, 0.1) is 6.07 Å². The first kappa shape index (κ1) is 9.72. The summed E-state index contributed by atoms with van der Waals surface area (Å²) in [5.41, 5.74) is -0.0172. The predicted octanol–water partition coefficient (Wildman–Crippen LogP) is 1.84. The van der Waals surface area contributed by atoms with Gasteiger partial charge < -0.3 is 5.11 Å². The molecule has 3 nitrogen and oxygen atoms in total. The molecule has 76 valence electrons. The zero-order valence-corrected chi connectivity index (χ0v) is 8.18. The fourth-order valence-electron chi connectivity index (χ4n) is 1.92. The maximum absolute atomic E-state index is 10.9. The van der Waals surface area contributed by atoms with Gasteiger partial charge >= 0.3 is 5.97 Å². The third-order valence-corrected chi connectivity index (χ3v) is 3.01. The maximum atomic E-state index is 10.9. The van der Waals surface area contributed by atoms with Crippen molar-refractivity contribution in [3.8, 4) is 6.07 Å². The summed E-state index contributed by atoms with van der Waals surface area (Å²) in [5, 5.41) is 17.8. The van der Waals surface area contributed by atoms with Crippen molar-refractivity contribution in [2.75, 3.05) is 0 Å². The Bertz CT molecular complexity index is 421. The highest BCUT2D eigenvalue weighted by Gasteiger charge is 2.61. The van der Waals surface area contributed by atoms with Crippen LogP contribution in [-0.4, -0.2) is 11.1 Å². The number of nitrogens with zero attached hydrogens (tertiary/aromatic N) is 1. The number of nitriles is 1. The maximum Gasteiger partial charge on any atom is 0.324 e. The monoisotopic (exact) mass is 201 g/mol. The Hall–Kier alpha value is -1.82. The SMILES string of the molecule is N#CC1(C(=O)O)CC1Cc1ccccc1. The third-order valence-electron chi connectivity index (χ3n) is 3.01. The van der Waals surface area contributed by atoms with Crippen LogP contribution in [0.4, 0.5) is 0 Å². The van der Waals surface area contributed by atoms with Crippen LogP contribution in [0.3, 0.4) is 0 Å². The van der Waals surface area contributed by atoms with Crippen molar-refractivity contribution in [1.82, 2.24) is 0 Å². The van der Waals surface area contributed by atoms with Gasteiger partial charge in [0.1, 0.15) is 0 Å². The van der Waals surface area contributed by atoms with E-state index in [2.05, 4.69) is 0 Å². The smallest absolute Gasteiger partial charge is 0.324 e. The number of carbonyl (C=O) groups is 1. The molecule has 1 aliphatic carbocycles. The van der Waals surface area contributed by atoms with Crippen LogP contribution >= 0.6 is 0 Å². The van der Waals surface area contributed by atoms with E-state index >= 15 is 0 Å². The average Bonchev–Trinajstić information content (AvgIpc) is 2.94. The molecule has 0 aliphatic heterocycles. The second-order valence-corrected chi connectivity index (χ2v) is 3.98. The summed E-state index contributed by atoms with van der Waals surface area (Å²) < 4.78 is 0. The largest absolute Gasteiger partial charge is 0.480 e. The van der Waals surface area contributed by atoms with Gasteiger partial charge in [0, 0.05) is 0 Å². The lowest BCUT2D eigenvalue weighted by Gasteiger charge is -2.02. The second-order valence-electron chi connectivity index (χ2n) is 3.98. The fourth-order valence-corrected chi connectivity index (χ4v) is 1.92. The summed E-state index contributed by atoms with van der Waals surface area (Å²) in [6.45, 7) is 0. The van der Waals surface area contributed by atoms with E-state index in [9.17, 15) is 4.79 Å². The molecule has 0 saturated heterocycles. The lowest BCUT2D eigenvalue weighted by atomic mass is 10.0. The Labute approximate surface area is 88.0 Å². The summed E-state index contributed by atoms with van der Waals surface area (Å²) in [4.78, 5) is 10.9. The molecule has 0 bridgehead atoms. The Morgan fingerprint density at radius 2 is 2.20 bits per heavy atom. The van der Waals surface area contributed by atoms with Gasteiger partial charge in [-0.1, -0.05) is 30.3 Å². The summed E-state index contributed by atoms with van der Waals surface area (Å²) in [6, 6.07) is 11.6. The number of benzene rings is 1. The van der Waals surface area contributed by atoms with Gasteiger partial charge in [-0.3, -0.25) is 4.79 Å². The van der Waals surface area contributed by atoms with Crippen molar-refractivity contribution in [2.24, 2.45) is 11.3 Å². The molecular formula is C12H11NO2. The van der Waals surface area contributed by atoms with Gasteiger partial charge in [-0.25, -0.2) is 0 Å². The molecule has 3 heteroatoms. The van der Waals surface area contributed by atoms with Crippen molar-refractivity contribution < 1.29 is 9.90 Å². The molecule has 1 aromatic rings. The van der Waals surface area contributed by atoms with E-state index < -0.39 is 11.4 Å². The molecule has 15 heavy (non-hydrogen) atoms. The molecule has 2 rings (SSSR count). The fraction of sp³-hybridized carbons (Fsp3) is 0.333. The van der Waals surface area contributed by atoms with E-state index in [0.717, 1.165) is 5.56 Å². The minimum absolute atomic E-state index is 0.0256. The summed E-state index contributed by atoms with van der Waals surface area (Å²) in [7, 11) is 0. The Morgan fingerprint density at radius 1 is 1.53 bits per heavy atom. The van der Waals surface area contributed by atoms with E-state index in [-0.39, 0.29) is 5.92 Å². The first-order valence-electron chi connectivity index (χ1n) is 4.87. The number of hydrogen-bond acceptors (Lipinski definition) is 2. The van der Waals surface area contributed by atoms with E-state index in [4.69, 9.17) is 10.4 Å². The van der Waals surface area contributed by atoms with E-state index in [1.54, 1.807) is 0 Å². The quantitative estimate of drug-likeness (QED) is 0.811. The summed E-state index contributed by atoms with van der Waals surface area (Å²) in [6.07, 6.45) is 1.16. The third kappa shape index (κ3) is 1.59. The molecule has 0 amide bonds. The van der Waals surface area contributed by atoms with Gasteiger partial charge in [0.25, 0.3) is 0 Å². The molecule has 2 unspecified atom stereocenters. The molecule has 0 spiro atoms. The topological polar surface area (TPSA) is 61.1 Å². The van der Waals surface area contributed by atoms with Gasteiger partial charge in [0.2, 0.25) is 0 Å². The van der Waals surface area contributed by atoms with Crippen molar-refractivity contribution >= 4 is 5.97 Å². The molecular weight excluding hydrogens is 190 g/mol. The molecule has 1 aromatic carbocycles. The first-order valence-corrected chi connectivity index (χ1v) is 4.87. The van der Waals surface area contributed by atoms with Gasteiger partial charge in [-0.2, -0.15) is 5.26 Å². The number of rotatable bonds is 3. The molecule has 1 aliphatic rings. The number of aliphatic carboxylic acids is 1. The highest BCUT2D eigenvalue weighted by Crippen LogP contribution is 2.53. The van der Waals surface area contributed by atoms with Crippen LogP contribution in [0.2, 0.25) is 0 Å².